The van der Waals surface area contributed by atoms with Crippen molar-refractivity contribution in [1.29, 1.82) is 0 Å². The van der Waals surface area contributed by atoms with Crippen LogP contribution in [0.3, 0.4) is 0 Å². The van der Waals surface area contributed by atoms with Crippen LogP contribution >= 0.6 is 28.7 Å². The fourth-order valence-electron chi connectivity index (χ4n) is 2.71. The fraction of sp³-hybridized carbons (Fsp3) is 0.118. The molecule has 23 heavy (non-hydrogen) atoms. The molecule has 6 heteroatoms. The molecule has 118 valence electrons. The summed E-state index contributed by atoms with van der Waals surface area (Å²) in [6.45, 7) is 0.932. The van der Waals surface area contributed by atoms with Gasteiger partial charge in [0, 0.05) is 23.4 Å². The smallest absolute Gasteiger partial charge is 0.169 e. The first-order valence-electron chi connectivity index (χ1n) is 7.04. The largest absolute Gasteiger partial charge is 0.508 e. The molecule has 0 saturated carbocycles. The Morgan fingerprint density at radius 1 is 0.870 bits per heavy atom. The molecule has 0 fully saturated rings. The number of imidazole rings is 1. The maximum atomic E-state index is 9.51. The molecule has 3 aromatic rings. The van der Waals surface area contributed by atoms with E-state index in [1.807, 2.05) is 24.3 Å². The Morgan fingerprint density at radius 3 is 2.04 bits per heavy atom. The van der Waals surface area contributed by atoms with Gasteiger partial charge in [-0.2, -0.15) is 0 Å². The molecule has 0 radical (unpaired) electrons. The SMILES string of the molecule is Br.Oc1ccc(-c2nc3n(c2-c2ccc(O)cc2)CCS3)cc1. The van der Waals surface area contributed by atoms with Gasteiger partial charge in [-0.3, -0.25) is 0 Å². The van der Waals surface area contributed by atoms with Gasteiger partial charge in [0.25, 0.3) is 0 Å². The van der Waals surface area contributed by atoms with Crippen molar-refractivity contribution in [3.63, 3.8) is 0 Å². The third kappa shape index (κ3) is 2.84. The first-order valence-corrected chi connectivity index (χ1v) is 8.03. The highest BCUT2D eigenvalue weighted by atomic mass is 79.9. The molecule has 2 N–H and O–H groups in total. The molecule has 2 heterocycles. The van der Waals surface area contributed by atoms with Crippen LogP contribution in [-0.4, -0.2) is 25.5 Å². The molecule has 1 aliphatic heterocycles. The van der Waals surface area contributed by atoms with Gasteiger partial charge in [0.2, 0.25) is 0 Å². The van der Waals surface area contributed by atoms with Crippen molar-refractivity contribution in [2.75, 3.05) is 5.75 Å². The number of nitrogens with zero attached hydrogens (tertiary/aromatic N) is 2. The van der Waals surface area contributed by atoms with E-state index in [1.165, 1.54) is 0 Å². The van der Waals surface area contributed by atoms with Crippen LogP contribution in [0.25, 0.3) is 22.5 Å². The van der Waals surface area contributed by atoms with Crippen molar-refractivity contribution >= 4 is 28.7 Å². The average molecular weight is 391 g/mol. The summed E-state index contributed by atoms with van der Waals surface area (Å²) in [4.78, 5) is 4.77. The van der Waals surface area contributed by atoms with Crippen LogP contribution < -0.4 is 0 Å². The van der Waals surface area contributed by atoms with Crippen LogP contribution in [0.15, 0.2) is 53.7 Å². The van der Waals surface area contributed by atoms with Crippen LogP contribution in [0.5, 0.6) is 11.5 Å². The lowest BCUT2D eigenvalue weighted by Crippen LogP contribution is -1.97. The Kier molecular flexibility index (Phi) is 4.37. The van der Waals surface area contributed by atoms with E-state index >= 15 is 0 Å². The minimum Gasteiger partial charge on any atom is -0.508 e. The van der Waals surface area contributed by atoms with Gasteiger partial charge < -0.3 is 14.8 Å². The molecule has 0 spiro atoms. The predicted molar refractivity (Wildman–Crippen MR) is 97.5 cm³/mol. The molecule has 0 unspecified atom stereocenters. The van der Waals surface area contributed by atoms with Crippen molar-refractivity contribution in [1.82, 2.24) is 9.55 Å². The standard InChI is InChI=1S/C17H14N2O2S.BrH/c20-13-5-1-11(2-6-13)15-16(12-3-7-14(21)8-4-12)19-9-10-22-17(19)18-15;/h1-8,20-21H,9-10H2;1H. The fourth-order valence-corrected chi connectivity index (χ4v) is 3.66. The summed E-state index contributed by atoms with van der Waals surface area (Å²) >= 11 is 1.75. The zero-order chi connectivity index (χ0) is 15.1. The monoisotopic (exact) mass is 390 g/mol. The van der Waals surface area contributed by atoms with Crippen LogP contribution in [0.4, 0.5) is 0 Å². The van der Waals surface area contributed by atoms with E-state index in [0.717, 1.165) is 40.0 Å². The topological polar surface area (TPSA) is 58.3 Å². The number of thioether (sulfide) groups is 1. The van der Waals surface area contributed by atoms with Crippen LogP contribution in [0.1, 0.15) is 0 Å². The molecular weight excluding hydrogens is 376 g/mol. The first-order chi connectivity index (χ1) is 10.7. The number of halogens is 1. The number of phenolic OH excluding ortho intramolecular Hbond substituents is 2. The van der Waals surface area contributed by atoms with Crippen molar-refractivity contribution in [3.05, 3.63) is 48.5 Å². The Balaban J connectivity index is 0.00000156. The van der Waals surface area contributed by atoms with E-state index in [2.05, 4.69) is 4.57 Å². The molecule has 0 aliphatic carbocycles. The Morgan fingerprint density at radius 2 is 1.43 bits per heavy atom. The van der Waals surface area contributed by atoms with Gasteiger partial charge in [0.15, 0.2) is 5.16 Å². The minimum atomic E-state index is 0. The molecule has 0 atom stereocenters. The summed E-state index contributed by atoms with van der Waals surface area (Å²) in [5, 5.41) is 20.0. The molecule has 4 nitrogen and oxygen atoms in total. The first kappa shape index (κ1) is 16.0. The van der Waals surface area contributed by atoms with Crippen LogP contribution in [0.2, 0.25) is 0 Å². The molecule has 1 aromatic heterocycles. The van der Waals surface area contributed by atoms with Gasteiger partial charge in [-0.15, -0.1) is 17.0 Å². The quantitative estimate of drug-likeness (QED) is 0.684. The van der Waals surface area contributed by atoms with Gasteiger partial charge in [-0.25, -0.2) is 4.98 Å². The molecule has 0 amide bonds. The van der Waals surface area contributed by atoms with Gasteiger partial charge >= 0.3 is 0 Å². The minimum absolute atomic E-state index is 0. The number of aromatic hydroxyl groups is 2. The zero-order valence-corrected chi connectivity index (χ0v) is 14.7. The Hall–Kier alpha value is -1.92. The maximum Gasteiger partial charge on any atom is 0.169 e. The van der Waals surface area contributed by atoms with Crippen LogP contribution in [0, 0.1) is 0 Å². The van der Waals surface area contributed by atoms with Crippen molar-refractivity contribution in [3.8, 4) is 34.0 Å². The molecule has 0 bridgehead atoms. The highest BCUT2D eigenvalue weighted by molar-refractivity contribution is 8.93. The van der Waals surface area contributed by atoms with Gasteiger partial charge in [0.1, 0.15) is 11.5 Å². The predicted octanol–water partition coefficient (Wildman–Crippen LogP) is 4.31. The summed E-state index contributed by atoms with van der Waals surface area (Å²) in [5.74, 6) is 1.53. The highest BCUT2D eigenvalue weighted by Crippen LogP contribution is 2.39. The number of fused-ring (bicyclic) bond motifs is 1. The number of rotatable bonds is 2. The molecule has 4 rings (SSSR count). The Labute approximate surface area is 148 Å². The van der Waals surface area contributed by atoms with E-state index in [-0.39, 0.29) is 28.5 Å². The number of phenols is 2. The van der Waals surface area contributed by atoms with Crippen LogP contribution in [-0.2, 0) is 6.54 Å². The van der Waals surface area contributed by atoms with Gasteiger partial charge in [-0.05, 0) is 48.5 Å². The lowest BCUT2D eigenvalue weighted by molar-refractivity contribution is 0.475. The third-order valence-corrected chi connectivity index (χ3v) is 4.72. The second-order valence-electron chi connectivity index (χ2n) is 5.19. The summed E-state index contributed by atoms with van der Waals surface area (Å²) in [6, 6.07) is 14.3. The summed E-state index contributed by atoms with van der Waals surface area (Å²) in [5.41, 5.74) is 3.98. The second kappa shape index (κ2) is 6.29. The van der Waals surface area contributed by atoms with E-state index in [9.17, 15) is 10.2 Å². The van der Waals surface area contributed by atoms with E-state index in [4.69, 9.17) is 4.98 Å². The van der Waals surface area contributed by atoms with Gasteiger partial charge in [0.05, 0.1) is 11.4 Å². The number of aromatic nitrogens is 2. The van der Waals surface area contributed by atoms with Gasteiger partial charge in [-0.1, -0.05) is 11.8 Å². The average Bonchev–Trinajstić information content (AvgIpc) is 3.10. The Bertz CT molecular complexity index is 829. The second-order valence-corrected chi connectivity index (χ2v) is 6.25. The molecule has 0 saturated heterocycles. The van der Waals surface area contributed by atoms with E-state index in [1.54, 1.807) is 36.0 Å². The molecule has 1 aliphatic rings. The zero-order valence-electron chi connectivity index (χ0n) is 12.1. The molecule has 2 aromatic carbocycles. The highest BCUT2D eigenvalue weighted by Gasteiger charge is 2.23. The molecular formula is C17H15BrN2O2S. The number of benzene rings is 2. The van der Waals surface area contributed by atoms with E-state index < -0.39 is 0 Å². The number of hydrogen-bond acceptors (Lipinski definition) is 4. The third-order valence-electron chi connectivity index (χ3n) is 3.76. The lowest BCUT2D eigenvalue weighted by Gasteiger charge is -2.08. The van der Waals surface area contributed by atoms with Crippen molar-refractivity contribution < 1.29 is 10.2 Å². The maximum absolute atomic E-state index is 9.51. The summed E-state index contributed by atoms with van der Waals surface area (Å²) in [7, 11) is 0. The lowest BCUT2D eigenvalue weighted by atomic mass is 10.0. The van der Waals surface area contributed by atoms with Crippen molar-refractivity contribution in [2.24, 2.45) is 0 Å². The number of hydrogen-bond donors (Lipinski definition) is 2. The van der Waals surface area contributed by atoms with E-state index in [0.29, 0.717) is 0 Å². The normalized spacial score (nSPS) is 12.7. The summed E-state index contributed by atoms with van der Waals surface area (Å²) < 4.78 is 2.22. The summed E-state index contributed by atoms with van der Waals surface area (Å²) in [6.07, 6.45) is 0. The van der Waals surface area contributed by atoms with Crippen molar-refractivity contribution in [2.45, 2.75) is 11.7 Å².